The van der Waals surface area contributed by atoms with Gasteiger partial charge in [-0.3, -0.25) is 19.4 Å². The highest BCUT2D eigenvalue weighted by Crippen LogP contribution is 2.28. The number of carboxylic acids is 1. The molecular weight excluding hydrogens is 894 g/mol. The molecule has 2 aliphatic rings. The second-order valence-electron chi connectivity index (χ2n) is 16.5. The molecule has 8 rings (SSSR count). The zero-order chi connectivity index (χ0) is 47.4. The molecule has 0 radical (unpaired) electrons. The fraction of sp³-hybridized carbons (Fsp3) is 0.296. The summed E-state index contributed by atoms with van der Waals surface area (Å²) in [6.07, 6.45) is 3.03. The van der Waals surface area contributed by atoms with Crippen LogP contribution in [0.3, 0.4) is 0 Å². The number of likely N-dealkylation sites (tertiary alicyclic amines) is 2. The van der Waals surface area contributed by atoms with E-state index in [1.54, 1.807) is 72.8 Å². The highest BCUT2D eigenvalue weighted by molar-refractivity contribution is 6.30. The standard InChI is InChI=1S/C27H28ClFN2O2.C14H19NO3.C13H11ClFN/c28-22-12-10-20(11-13-22)26(24-8-4-5-9-25(24)29)30-27(32)21-14-16-31(17-15-21)18-19-33-23-6-2-1-3-7-23;16-14(17)12-6-8-15(9-7-12)10-11-18-13-4-2-1-3-5-13;14-10-7-5-9(6-8-10)13(16)11-3-1-2-4-12(11)15/h1-13,21,26H,14-19H2,(H,30,32);1-5,12H,6-11H2,(H,16,17);1-8,13H,16H2. The Morgan fingerprint density at radius 1 is 0.582 bits per heavy atom. The summed E-state index contributed by atoms with van der Waals surface area (Å²) in [5.41, 5.74) is 8.56. The van der Waals surface area contributed by atoms with Gasteiger partial charge in [-0.1, -0.05) is 120 Å². The molecule has 6 aromatic carbocycles. The number of carbonyl (C=O) groups excluding carboxylic acids is 1. The van der Waals surface area contributed by atoms with E-state index in [-0.39, 0.29) is 29.4 Å². The van der Waals surface area contributed by atoms with Gasteiger partial charge in [0.1, 0.15) is 36.3 Å². The number of rotatable bonds is 15. The van der Waals surface area contributed by atoms with Crippen molar-refractivity contribution in [3.8, 4) is 11.5 Å². The molecule has 4 N–H and O–H groups in total. The van der Waals surface area contributed by atoms with Crippen LogP contribution in [0.2, 0.25) is 10.0 Å². The van der Waals surface area contributed by atoms with Gasteiger partial charge in [0.25, 0.3) is 0 Å². The monoisotopic (exact) mass is 950 g/mol. The molecule has 2 heterocycles. The summed E-state index contributed by atoms with van der Waals surface area (Å²) >= 11 is 11.8. The molecule has 0 saturated carbocycles. The second-order valence-corrected chi connectivity index (χ2v) is 17.3. The number of nitrogens with two attached hydrogens (primary N) is 1. The normalized spacial score (nSPS) is 15.4. The maximum atomic E-state index is 14.6. The van der Waals surface area contributed by atoms with Crippen LogP contribution in [0.15, 0.2) is 158 Å². The van der Waals surface area contributed by atoms with E-state index in [0.29, 0.717) is 34.4 Å². The number of amides is 1. The third-order valence-corrected chi connectivity index (χ3v) is 12.4. The molecular formula is C54H58Cl2F2N4O5. The van der Waals surface area contributed by atoms with Crippen molar-refractivity contribution in [1.29, 1.82) is 0 Å². The maximum Gasteiger partial charge on any atom is 0.306 e. The third kappa shape index (κ3) is 16.2. The van der Waals surface area contributed by atoms with Crippen LogP contribution in [-0.4, -0.2) is 79.3 Å². The van der Waals surface area contributed by atoms with Crippen molar-refractivity contribution in [3.63, 3.8) is 0 Å². The van der Waals surface area contributed by atoms with Gasteiger partial charge in [-0.25, -0.2) is 8.78 Å². The number of carbonyl (C=O) groups is 2. The van der Waals surface area contributed by atoms with E-state index in [2.05, 4.69) is 15.1 Å². The lowest BCUT2D eigenvalue weighted by Crippen LogP contribution is -2.42. The highest BCUT2D eigenvalue weighted by atomic mass is 35.5. The highest BCUT2D eigenvalue weighted by Gasteiger charge is 2.29. The summed E-state index contributed by atoms with van der Waals surface area (Å²) in [5, 5.41) is 13.2. The minimum absolute atomic E-state index is 0.0432. The van der Waals surface area contributed by atoms with E-state index in [0.717, 1.165) is 87.6 Å². The Hall–Kier alpha value is -5.82. The van der Waals surface area contributed by atoms with Crippen LogP contribution < -0.4 is 20.5 Å². The van der Waals surface area contributed by atoms with Gasteiger partial charge in [-0.05, 0) is 124 Å². The first-order chi connectivity index (χ1) is 32.5. The molecule has 0 spiro atoms. The van der Waals surface area contributed by atoms with E-state index < -0.39 is 18.1 Å². The summed E-state index contributed by atoms with van der Waals surface area (Å²) in [7, 11) is 0. The fourth-order valence-electron chi connectivity index (χ4n) is 7.98. The van der Waals surface area contributed by atoms with Crippen molar-refractivity contribution in [2.45, 2.75) is 37.8 Å². The first-order valence-electron chi connectivity index (χ1n) is 22.6. The number of halogens is 4. The largest absolute Gasteiger partial charge is 0.492 e. The Kier molecular flexibility index (Phi) is 20.0. The molecule has 9 nitrogen and oxygen atoms in total. The van der Waals surface area contributed by atoms with Crippen LogP contribution in [0.4, 0.5) is 8.78 Å². The fourth-order valence-corrected chi connectivity index (χ4v) is 8.24. The van der Waals surface area contributed by atoms with Gasteiger partial charge in [-0.15, -0.1) is 0 Å². The minimum Gasteiger partial charge on any atom is -0.492 e. The molecule has 352 valence electrons. The van der Waals surface area contributed by atoms with Crippen molar-refractivity contribution in [1.82, 2.24) is 15.1 Å². The van der Waals surface area contributed by atoms with Crippen molar-refractivity contribution in [2.75, 3.05) is 52.5 Å². The van der Waals surface area contributed by atoms with Gasteiger partial charge in [0.2, 0.25) is 5.91 Å². The van der Waals surface area contributed by atoms with E-state index >= 15 is 0 Å². The number of hydrogen-bond acceptors (Lipinski definition) is 7. The number of para-hydroxylation sites is 2. The predicted octanol–water partition coefficient (Wildman–Crippen LogP) is 10.9. The van der Waals surface area contributed by atoms with Crippen LogP contribution in [0, 0.1) is 23.5 Å². The van der Waals surface area contributed by atoms with Crippen LogP contribution in [-0.2, 0) is 9.59 Å². The van der Waals surface area contributed by atoms with Gasteiger partial charge >= 0.3 is 5.97 Å². The van der Waals surface area contributed by atoms with Gasteiger partial charge in [-0.2, -0.15) is 0 Å². The van der Waals surface area contributed by atoms with Crippen molar-refractivity contribution in [2.24, 2.45) is 17.6 Å². The number of nitrogens with one attached hydrogen (secondary N) is 1. The molecule has 0 aliphatic carbocycles. The number of benzene rings is 6. The molecule has 2 atom stereocenters. The third-order valence-electron chi connectivity index (χ3n) is 11.9. The Labute approximate surface area is 402 Å². The Morgan fingerprint density at radius 2 is 0.985 bits per heavy atom. The topological polar surface area (TPSA) is 117 Å². The summed E-state index contributed by atoms with van der Waals surface area (Å²) in [4.78, 5) is 28.5. The van der Waals surface area contributed by atoms with E-state index in [4.69, 9.17) is 43.5 Å². The van der Waals surface area contributed by atoms with Crippen molar-refractivity contribution < 1.29 is 33.0 Å². The van der Waals surface area contributed by atoms with Gasteiger partial charge in [0.05, 0.1) is 18.0 Å². The lowest BCUT2D eigenvalue weighted by molar-refractivity contribution is -0.143. The predicted molar refractivity (Wildman–Crippen MR) is 262 cm³/mol. The SMILES string of the molecule is NC(c1ccc(Cl)cc1)c1ccccc1F.O=C(NC(c1ccc(Cl)cc1)c1ccccc1F)C1CCN(CCOc2ccccc2)CC1.O=C(O)C1CCN(CCOc2ccccc2)CC1. The van der Waals surface area contributed by atoms with Crippen molar-refractivity contribution >= 4 is 35.1 Å². The molecule has 2 fully saturated rings. The maximum absolute atomic E-state index is 14.6. The number of piperidine rings is 2. The molecule has 0 aromatic heterocycles. The lowest BCUT2D eigenvalue weighted by atomic mass is 9.93. The average Bonchev–Trinajstić information content (AvgIpc) is 3.35. The molecule has 0 bridgehead atoms. The number of carboxylic acid groups (broad SMARTS) is 1. The molecule has 1 amide bonds. The van der Waals surface area contributed by atoms with Crippen LogP contribution >= 0.6 is 23.2 Å². The van der Waals surface area contributed by atoms with Crippen LogP contribution in [0.25, 0.3) is 0 Å². The van der Waals surface area contributed by atoms with Gasteiger partial charge in [0, 0.05) is 40.2 Å². The summed E-state index contributed by atoms with van der Waals surface area (Å²) in [6, 6.07) is 45.9. The van der Waals surface area contributed by atoms with E-state index in [1.165, 1.54) is 12.1 Å². The first kappa shape index (κ1) is 50.6. The average molecular weight is 952 g/mol. The molecule has 13 heteroatoms. The van der Waals surface area contributed by atoms with Crippen LogP contribution in [0.1, 0.15) is 60.0 Å². The lowest BCUT2D eigenvalue weighted by Gasteiger charge is -2.32. The molecule has 2 saturated heterocycles. The zero-order valence-corrected chi connectivity index (χ0v) is 38.9. The summed E-state index contributed by atoms with van der Waals surface area (Å²) < 4.78 is 39.5. The quantitative estimate of drug-likeness (QED) is 0.0932. The van der Waals surface area contributed by atoms with Gasteiger partial charge in [0.15, 0.2) is 0 Å². The van der Waals surface area contributed by atoms with Crippen molar-refractivity contribution in [3.05, 3.63) is 202 Å². The minimum atomic E-state index is -0.657. The summed E-state index contributed by atoms with van der Waals surface area (Å²) in [5.74, 6) is 0.171. The Balaban J connectivity index is 0.000000183. The second kappa shape index (κ2) is 26.5. The van der Waals surface area contributed by atoms with Gasteiger partial charge < -0.3 is 25.6 Å². The molecule has 2 aliphatic heterocycles. The summed E-state index contributed by atoms with van der Waals surface area (Å²) in [6.45, 7) is 6.34. The number of ether oxygens (including phenoxy) is 2. The number of aliphatic carboxylic acids is 1. The Morgan fingerprint density at radius 3 is 1.43 bits per heavy atom. The number of nitrogens with zero attached hydrogens (tertiary/aromatic N) is 2. The molecule has 2 unspecified atom stereocenters. The zero-order valence-electron chi connectivity index (χ0n) is 37.4. The first-order valence-corrected chi connectivity index (χ1v) is 23.4. The Bertz CT molecular complexity index is 2400. The van der Waals surface area contributed by atoms with E-state index in [9.17, 15) is 18.4 Å². The molecule has 67 heavy (non-hydrogen) atoms. The molecule has 6 aromatic rings. The van der Waals surface area contributed by atoms with E-state index in [1.807, 2.05) is 72.8 Å². The smallest absolute Gasteiger partial charge is 0.306 e. The van der Waals surface area contributed by atoms with Crippen LogP contribution in [0.5, 0.6) is 11.5 Å². The number of hydrogen-bond donors (Lipinski definition) is 3.